The van der Waals surface area contributed by atoms with E-state index in [9.17, 15) is 9.90 Å². The largest absolute Gasteiger partial charge is 0.393 e. The lowest BCUT2D eigenvalue weighted by Crippen LogP contribution is -2.49. The van der Waals surface area contributed by atoms with Crippen molar-refractivity contribution >= 4 is 5.78 Å². The Labute approximate surface area is 140 Å². The third kappa shape index (κ3) is 2.06. The Morgan fingerprint density at radius 2 is 1.96 bits per heavy atom. The summed E-state index contributed by atoms with van der Waals surface area (Å²) in [6.07, 6.45) is 13.1. The van der Waals surface area contributed by atoms with Gasteiger partial charge in [-0.3, -0.25) is 4.79 Å². The molecule has 0 amide bonds. The van der Waals surface area contributed by atoms with Gasteiger partial charge in [-0.25, -0.2) is 0 Å². The van der Waals surface area contributed by atoms with Crippen LogP contribution in [0.3, 0.4) is 0 Å². The number of hydrogen-bond acceptors (Lipinski definition) is 2. The first-order valence-electron chi connectivity index (χ1n) is 9.47. The number of rotatable bonds is 1. The fourth-order valence-corrected chi connectivity index (χ4v) is 6.83. The summed E-state index contributed by atoms with van der Waals surface area (Å²) in [4.78, 5) is 11.8. The van der Waals surface area contributed by atoms with Crippen LogP contribution in [0.1, 0.15) is 59.3 Å². The van der Waals surface area contributed by atoms with Crippen molar-refractivity contribution in [2.75, 3.05) is 0 Å². The lowest BCUT2D eigenvalue weighted by Gasteiger charge is -2.56. The van der Waals surface area contributed by atoms with E-state index < -0.39 is 0 Å². The first-order chi connectivity index (χ1) is 10.9. The minimum Gasteiger partial charge on any atom is -0.393 e. The molecule has 0 saturated heterocycles. The molecule has 0 heterocycles. The fourth-order valence-electron chi connectivity index (χ4n) is 6.83. The summed E-state index contributed by atoms with van der Waals surface area (Å²) in [5.74, 6) is 2.77. The maximum Gasteiger partial charge on any atom is 0.156 e. The summed E-state index contributed by atoms with van der Waals surface area (Å²) >= 11 is 0. The molecule has 2 fully saturated rings. The summed E-state index contributed by atoms with van der Waals surface area (Å²) in [7, 11) is 0. The Hall–Kier alpha value is -0.890. The Kier molecular flexibility index (Phi) is 3.43. The molecule has 0 unspecified atom stereocenters. The van der Waals surface area contributed by atoms with Crippen molar-refractivity contribution in [2.45, 2.75) is 65.4 Å². The summed E-state index contributed by atoms with van der Waals surface area (Å²) < 4.78 is 0. The highest BCUT2D eigenvalue weighted by molar-refractivity contribution is 5.92. The van der Waals surface area contributed by atoms with E-state index in [1.165, 1.54) is 31.3 Å². The second kappa shape index (κ2) is 5.05. The van der Waals surface area contributed by atoms with Crippen LogP contribution in [0.5, 0.6) is 0 Å². The molecule has 0 aromatic rings. The molecule has 0 aromatic heterocycles. The molecule has 0 spiro atoms. The third-order valence-corrected chi connectivity index (χ3v) is 8.17. The van der Waals surface area contributed by atoms with E-state index in [2.05, 4.69) is 26.0 Å². The van der Waals surface area contributed by atoms with Gasteiger partial charge in [-0.2, -0.15) is 0 Å². The molecule has 1 N–H and O–H groups in total. The van der Waals surface area contributed by atoms with Crippen molar-refractivity contribution < 1.29 is 9.90 Å². The smallest absolute Gasteiger partial charge is 0.156 e. The van der Waals surface area contributed by atoms with Crippen molar-refractivity contribution in [1.29, 1.82) is 0 Å². The van der Waals surface area contributed by atoms with Crippen LogP contribution in [0, 0.1) is 34.5 Å². The van der Waals surface area contributed by atoms with Crippen LogP contribution in [-0.4, -0.2) is 17.0 Å². The number of ketones is 1. The van der Waals surface area contributed by atoms with Crippen LogP contribution < -0.4 is 0 Å². The molecule has 4 aliphatic carbocycles. The van der Waals surface area contributed by atoms with E-state index in [1.807, 2.05) is 13.0 Å². The highest BCUT2D eigenvalue weighted by Crippen LogP contribution is 2.65. The van der Waals surface area contributed by atoms with Crippen molar-refractivity contribution in [3.8, 4) is 0 Å². The van der Waals surface area contributed by atoms with Crippen LogP contribution in [0.4, 0.5) is 0 Å². The van der Waals surface area contributed by atoms with Gasteiger partial charge in [-0.1, -0.05) is 26.0 Å². The van der Waals surface area contributed by atoms with Gasteiger partial charge in [0.25, 0.3) is 0 Å². The number of allylic oxidation sites excluding steroid dienone is 4. The minimum atomic E-state index is -0.188. The summed E-state index contributed by atoms with van der Waals surface area (Å²) in [6, 6.07) is 0. The maximum absolute atomic E-state index is 11.8. The first-order valence-corrected chi connectivity index (χ1v) is 9.47. The van der Waals surface area contributed by atoms with E-state index >= 15 is 0 Å². The topological polar surface area (TPSA) is 37.3 Å². The lowest BCUT2D eigenvalue weighted by molar-refractivity contribution is -0.116. The van der Waals surface area contributed by atoms with E-state index in [4.69, 9.17) is 0 Å². The number of aliphatic hydroxyl groups is 1. The molecule has 0 aromatic carbocycles. The molecule has 0 bridgehead atoms. The molecule has 2 heteroatoms. The normalized spacial score (nSPS) is 49.9. The van der Waals surface area contributed by atoms with Crippen molar-refractivity contribution in [1.82, 2.24) is 0 Å². The van der Waals surface area contributed by atoms with Gasteiger partial charge in [0, 0.05) is 6.42 Å². The first kappa shape index (κ1) is 15.6. The highest BCUT2D eigenvalue weighted by atomic mass is 16.3. The number of fused-ring (bicyclic) bond motifs is 5. The van der Waals surface area contributed by atoms with Crippen LogP contribution >= 0.6 is 0 Å². The average molecular weight is 314 g/mol. The molecule has 4 aliphatic rings. The zero-order valence-corrected chi connectivity index (χ0v) is 14.7. The maximum atomic E-state index is 11.8. The van der Waals surface area contributed by atoms with Crippen LogP contribution in [0.25, 0.3) is 0 Å². The molecular formula is C21H30O2. The van der Waals surface area contributed by atoms with Crippen LogP contribution in [-0.2, 0) is 4.79 Å². The molecule has 0 radical (unpaired) electrons. The number of aliphatic hydroxyl groups excluding tert-OH is 1. The van der Waals surface area contributed by atoms with E-state index in [-0.39, 0.29) is 11.5 Å². The van der Waals surface area contributed by atoms with Gasteiger partial charge in [0.15, 0.2) is 5.78 Å². The predicted octanol–water partition coefficient (Wildman–Crippen LogP) is 4.29. The molecule has 126 valence electrons. The Bertz CT molecular complexity index is 587. The molecule has 7 atom stereocenters. The second-order valence-corrected chi connectivity index (χ2v) is 9.10. The second-order valence-electron chi connectivity index (χ2n) is 9.10. The van der Waals surface area contributed by atoms with Gasteiger partial charge in [0.1, 0.15) is 0 Å². The number of hydrogen-bond donors (Lipinski definition) is 1. The fraction of sp³-hybridized carbons (Fsp3) is 0.762. The monoisotopic (exact) mass is 314 g/mol. The zero-order valence-electron chi connectivity index (χ0n) is 14.7. The zero-order chi connectivity index (χ0) is 16.4. The molecule has 2 saturated carbocycles. The Morgan fingerprint density at radius 1 is 1.17 bits per heavy atom. The summed E-state index contributed by atoms with van der Waals surface area (Å²) in [5, 5.41) is 10.3. The van der Waals surface area contributed by atoms with Gasteiger partial charge in [0.05, 0.1) is 6.10 Å². The van der Waals surface area contributed by atoms with Crippen LogP contribution in [0.15, 0.2) is 23.8 Å². The van der Waals surface area contributed by atoms with E-state index in [1.54, 1.807) is 0 Å². The van der Waals surface area contributed by atoms with Crippen molar-refractivity contribution in [3.05, 3.63) is 23.8 Å². The van der Waals surface area contributed by atoms with Gasteiger partial charge in [0.2, 0.25) is 0 Å². The summed E-state index contributed by atoms with van der Waals surface area (Å²) in [5.41, 5.74) is 1.77. The van der Waals surface area contributed by atoms with Crippen LogP contribution in [0.2, 0.25) is 0 Å². The molecule has 23 heavy (non-hydrogen) atoms. The van der Waals surface area contributed by atoms with Gasteiger partial charge in [-0.05, 0) is 85.2 Å². The number of carbonyl (C=O) groups is 1. The van der Waals surface area contributed by atoms with Gasteiger partial charge >= 0.3 is 0 Å². The standard InChI is InChI=1S/C21H30O2/c1-13(22)17-6-7-18-16-5-4-14-12-15(23)8-10-20(14,2)19(16)9-11-21(17,18)3/h4-5,12-13,16-19,22H,6-11H2,1-3H3/t13-,16+,17+,18-,19-,20+,21+/m0/s1. The lowest BCUT2D eigenvalue weighted by atomic mass is 9.48. The minimum absolute atomic E-state index is 0.188. The molecule has 4 rings (SSSR count). The molecule has 2 nitrogen and oxygen atoms in total. The van der Waals surface area contributed by atoms with E-state index in [0.717, 1.165) is 12.8 Å². The van der Waals surface area contributed by atoms with Gasteiger partial charge < -0.3 is 5.11 Å². The van der Waals surface area contributed by atoms with E-state index in [0.29, 0.717) is 34.9 Å². The highest BCUT2D eigenvalue weighted by Gasteiger charge is 2.58. The quantitative estimate of drug-likeness (QED) is 0.784. The predicted molar refractivity (Wildman–Crippen MR) is 91.8 cm³/mol. The number of carbonyl (C=O) groups excluding carboxylic acids is 1. The van der Waals surface area contributed by atoms with Crippen molar-refractivity contribution in [3.63, 3.8) is 0 Å². The Balaban J connectivity index is 1.71. The summed E-state index contributed by atoms with van der Waals surface area (Å²) in [6.45, 7) is 6.82. The Morgan fingerprint density at radius 3 is 2.70 bits per heavy atom. The van der Waals surface area contributed by atoms with Crippen molar-refractivity contribution in [2.24, 2.45) is 34.5 Å². The van der Waals surface area contributed by atoms with Gasteiger partial charge in [-0.15, -0.1) is 0 Å². The molecule has 0 aliphatic heterocycles. The average Bonchev–Trinajstić information content (AvgIpc) is 2.85. The third-order valence-electron chi connectivity index (χ3n) is 8.17. The SMILES string of the molecule is C[C@H](O)[C@H]1CC[C@H]2[C@H]3C=CC4=CC(=O)CC[C@@]4(C)[C@H]3CC[C@]12C. The molecular weight excluding hydrogens is 284 g/mol.